The van der Waals surface area contributed by atoms with Crippen molar-refractivity contribution in [3.63, 3.8) is 0 Å². The van der Waals surface area contributed by atoms with Gasteiger partial charge in [-0.15, -0.1) is 27.7 Å². The molecule has 1 aliphatic carbocycles. The van der Waals surface area contributed by atoms with Gasteiger partial charge in [-0.05, 0) is 72.7 Å². The molecule has 0 heterocycles. The molecule has 0 spiro atoms. The molecular weight excluding hydrogens is 273 g/mol. The van der Waals surface area contributed by atoms with Gasteiger partial charge >= 0.3 is 0 Å². The van der Waals surface area contributed by atoms with Gasteiger partial charge in [0.2, 0.25) is 0 Å². The smallest absolute Gasteiger partial charge is 0.0126 e. The van der Waals surface area contributed by atoms with E-state index < -0.39 is 0 Å². The summed E-state index contributed by atoms with van der Waals surface area (Å²) >= 11 is 0. The van der Waals surface area contributed by atoms with Crippen molar-refractivity contribution in [2.24, 2.45) is 5.92 Å². The molecule has 0 aromatic heterocycles. The molecule has 0 N–H and O–H groups in total. The van der Waals surface area contributed by atoms with Crippen molar-refractivity contribution in [3.05, 3.63) is 34.9 Å². The van der Waals surface area contributed by atoms with Gasteiger partial charge in [0.05, 0.1) is 0 Å². The van der Waals surface area contributed by atoms with E-state index in [1.165, 1.54) is 37.4 Å². The summed E-state index contributed by atoms with van der Waals surface area (Å²) in [5, 5.41) is 0. The van der Waals surface area contributed by atoms with E-state index in [4.69, 9.17) is 0 Å². The summed E-state index contributed by atoms with van der Waals surface area (Å²) in [7, 11) is 8.63. The SMILES string of the molecule is PCc1ccc(C2CCC(CP)CC2)c(CP)c1. The number of hydrogen-bond acceptors (Lipinski definition) is 0. The average Bonchev–Trinajstić information content (AvgIpc) is 2.46. The fraction of sp³-hybridized carbons (Fsp3) is 0.600. The lowest BCUT2D eigenvalue weighted by molar-refractivity contribution is 0.351. The van der Waals surface area contributed by atoms with Gasteiger partial charge < -0.3 is 0 Å². The highest BCUT2D eigenvalue weighted by atomic mass is 31.0. The lowest BCUT2D eigenvalue weighted by Crippen LogP contribution is -2.15. The molecule has 1 aromatic carbocycles. The van der Waals surface area contributed by atoms with E-state index in [1.807, 2.05) is 0 Å². The zero-order valence-corrected chi connectivity index (χ0v) is 14.5. The Kier molecular flexibility index (Phi) is 6.08. The van der Waals surface area contributed by atoms with Gasteiger partial charge in [0.25, 0.3) is 0 Å². The Balaban J connectivity index is 2.13. The van der Waals surface area contributed by atoms with Crippen molar-refractivity contribution < 1.29 is 0 Å². The first-order chi connectivity index (χ1) is 8.78. The largest absolute Gasteiger partial charge is 0.137 e. The summed E-state index contributed by atoms with van der Waals surface area (Å²) in [6, 6.07) is 7.11. The summed E-state index contributed by atoms with van der Waals surface area (Å²) in [5.74, 6) is 1.77. The van der Waals surface area contributed by atoms with E-state index in [2.05, 4.69) is 45.9 Å². The Labute approximate surface area is 119 Å². The molecule has 3 unspecified atom stereocenters. The Morgan fingerprint density at radius 2 is 1.67 bits per heavy atom. The molecule has 1 aromatic rings. The van der Waals surface area contributed by atoms with Crippen LogP contribution in [0.1, 0.15) is 48.3 Å². The van der Waals surface area contributed by atoms with Crippen molar-refractivity contribution >= 4 is 27.7 Å². The lowest BCUT2D eigenvalue weighted by Gasteiger charge is -2.29. The first kappa shape index (κ1) is 14.9. The van der Waals surface area contributed by atoms with Crippen LogP contribution in [0.2, 0.25) is 0 Å². The van der Waals surface area contributed by atoms with Crippen LogP contribution >= 0.6 is 27.7 Å². The second kappa shape index (κ2) is 7.33. The molecular formula is C15H25P3. The summed E-state index contributed by atoms with van der Waals surface area (Å²) in [6.45, 7) is 0. The molecule has 0 saturated heterocycles. The third-order valence-corrected chi connectivity index (χ3v) is 5.86. The first-order valence-corrected chi connectivity index (χ1v) is 9.45. The van der Waals surface area contributed by atoms with Crippen LogP contribution in [0.25, 0.3) is 0 Å². The topological polar surface area (TPSA) is 0 Å². The van der Waals surface area contributed by atoms with Crippen LogP contribution in [0.5, 0.6) is 0 Å². The maximum absolute atomic E-state index is 2.91. The van der Waals surface area contributed by atoms with Gasteiger partial charge in [-0.3, -0.25) is 0 Å². The molecule has 0 radical (unpaired) electrons. The summed E-state index contributed by atoms with van der Waals surface area (Å²) in [5.41, 5.74) is 4.61. The van der Waals surface area contributed by atoms with Crippen molar-refractivity contribution in [1.29, 1.82) is 0 Å². The minimum atomic E-state index is 0.812. The Bertz CT molecular complexity index is 381. The van der Waals surface area contributed by atoms with Crippen molar-refractivity contribution in [3.8, 4) is 0 Å². The maximum Gasteiger partial charge on any atom is -0.0126 e. The summed E-state index contributed by atoms with van der Waals surface area (Å²) in [6.07, 6.45) is 9.05. The van der Waals surface area contributed by atoms with E-state index in [1.54, 1.807) is 11.1 Å². The normalized spacial score (nSPS) is 24.2. The highest BCUT2D eigenvalue weighted by Gasteiger charge is 2.22. The Morgan fingerprint density at radius 3 is 2.22 bits per heavy atom. The standard InChI is InChI=1S/C15H25P3/c16-8-11-1-4-13(5-2-11)15-6-3-12(9-17)7-14(15)10-18/h3,6-7,11,13H,1-2,4-5,8-10,16-18H2. The third-order valence-electron chi connectivity index (χ3n) is 4.28. The molecule has 0 aliphatic heterocycles. The monoisotopic (exact) mass is 298 g/mol. The molecule has 3 atom stereocenters. The predicted molar refractivity (Wildman–Crippen MR) is 92.5 cm³/mol. The highest BCUT2D eigenvalue weighted by Crippen LogP contribution is 2.38. The minimum Gasteiger partial charge on any atom is -0.137 e. The Hall–Kier alpha value is 0.510. The van der Waals surface area contributed by atoms with Crippen molar-refractivity contribution in [1.82, 2.24) is 0 Å². The number of benzene rings is 1. The van der Waals surface area contributed by atoms with Gasteiger partial charge in [0.15, 0.2) is 0 Å². The average molecular weight is 298 g/mol. The van der Waals surface area contributed by atoms with Gasteiger partial charge in [-0.25, -0.2) is 0 Å². The number of hydrogen-bond donors (Lipinski definition) is 0. The molecule has 3 heteroatoms. The molecule has 0 amide bonds. The quantitative estimate of drug-likeness (QED) is 0.713. The van der Waals surface area contributed by atoms with Crippen LogP contribution in [0.3, 0.4) is 0 Å². The van der Waals surface area contributed by atoms with Gasteiger partial charge in [0, 0.05) is 0 Å². The number of rotatable bonds is 4. The summed E-state index contributed by atoms with van der Waals surface area (Å²) < 4.78 is 0. The first-order valence-electron chi connectivity index (χ1n) is 7.00. The van der Waals surface area contributed by atoms with Crippen LogP contribution in [0, 0.1) is 5.92 Å². The highest BCUT2D eigenvalue weighted by molar-refractivity contribution is 7.16. The predicted octanol–water partition coefficient (Wildman–Crippen LogP) is 4.59. The molecule has 100 valence electrons. The zero-order valence-electron chi connectivity index (χ0n) is 11.1. The minimum absolute atomic E-state index is 0.812. The second-order valence-electron chi connectivity index (χ2n) is 5.39. The van der Waals surface area contributed by atoms with Crippen molar-refractivity contribution in [2.45, 2.75) is 43.9 Å². The van der Waals surface area contributed by atoms with Crippen LogP contribution in [-0.4, -0.2) is 6.16 Å². The molecule has 0 bridgehead atoms. The molecule has 2 rings (SSSR count). The second-order valence-corrected chi connectivity index (χ2v) is 6.68. The molecule has 1 aliphatic rings. The van der Waals surface area contributed by atoms with E-state index in [0.29, 0.717) is 0 Å². The van der Waals surface area contributed by atoms with Gasteiger partial charge in [0.1, 0.15) is 0 Å². The van der Waals surface area contributed by atoms with E-state index in [-0.39, 0.29) is 0 Å². The van der Waals surface area contributed by atoms with Crippen molar-refractivity contribution in [2.75, 3.05) is 6.16 Å². The molecule has 0 nitrogen and oxygen atoms in total. The van der Waals surface area contributed by atoms with E-state index >= 15 is 0 Å². The zero-order chi connectivity index (χ0) is 13.0. The van der Waals surface area contributed by atoms with Crippen LogP contribution < -0.4 is 0 Å². The van der Waals surface area contributed by atoms with Crippen LogP contribution in [0.4, 0.5) is 0 Å². The van der Waals surface area contributed by atoms with E-state index in [9.17, 15) is 0 Å². The molecule has 18 heavy (non-hydrogen) atoms. The third kappa shape index (κ3) is 3.54. The Morgan fingerprint density at radius 1 is 0.944 bits per heavy atom. The fourth-order valence-corrected chi connectivity index (χ4v) is 4.15. The van der Waals surface area contributed by atoms with Crippen LogP contribution in [-0.2, 0) is 12.3 Å². The summed E-state index contributed by atoms with van der Waals surface area (Å²) in [4.78, 5) is 0. The van der Waals surface area contributed by atoms with Gasteiger partial charge in [-0.2, -0.15) is 0 Å². The molecule has 1 saturated carbocycles. The van der Waals surface area contributed by atoms with E-state index in [0.717, 1.165) is 24.2 Å². The van der Waals surface area contributed by atoms with Gasteiger partial charge in [-0.1, -0.05) is 18.2 Å². The maximum atomic E-state index is 2.91. The molecule has 1 fully saturated rings. The van der Waals surface area contributed by atoms with Crippen LogP contribution in [0.15, 0.2) is 18.2 Å². The lowest BCUT2D eigenvalue weighted by atomic mass is 9.78. The fourth-order valence-electron chi connectivity index (χ4n) is 3.07.